The van der Waals surface area contributed by atoms with E-state index in [9.17, 15) is 9.59 Å². The largest absolute Gasteiger partial charge is 0.477 e. The van der Waals surface area contributed by atoms with E-state index in [2.05, 4.69) is 10.0 Å². The third-order valence-corrected chi connectivity index (χ3v) is 2.11. The number of benzene rings is 1. The van der Waals surface area contributed by atoms with E-state index in [4.69, 9.17) is 15.1 Å². The first-order chi connectivity index (χ1) is 8.11. The van der Waals surface area contributed by atoms with Gasteiger partial charge in [0.25, 0.3) is 0 Å². The second-order valence-corrected chi connectivity index (χ2v) is 3.16. The number of carboxylic acids is 1. The van der Waals surface area contributed by atoms with Crippen molar-refractivity contribution in [2.45, 2.75) is 0 Å². The van der Waals surface area contributed by atoms with Gasteiger partial charge in [-0.05, 0) is 17.7 Å². The SMILES string of the molecule is [N-]=[N+]=Nc1ccc2cc(C(=O)O)c(=O)oc2c1. The fourth-order valence-electron chi connectivity index (χ4n) is 1.36. The second kappa shape index (κ2) is 3.99. The lowest BCUT2D eigenvalue weighted by molar-refractivity contribution is 0.0692. The average molecular weight is 231 g/mol. The van der Waals surface area contributed by atoms with Crippen LogP contribution in [0.2, 0.25) is 0 Å². The molecular formula is C10H5N3O4. The molecule has 7 nitrogen and oxygen atoms in total. The van der Waals surface area contributed by atoms with Gasteiger partial charge in [-0.25, -0.2) is 9.59 Å². The fourth-order valence-corrected chi connectivity index (χ4v) is 1.36. The van der Waals surface area contributed by atoms with Crippen molar-refractivity contribution in [1.29, 1.82) is 0 Å². The van der Waals surface area contributed by atoms with E-state index in [-0.39, 0.29) is 11.3 Å². The Morgan fingerprint density at radius 3 is 2.82 bits per heavy atom. The Morgan fingerprint density at radius 1 is 1.41 bits per heavy atom. The summed E-state index contributed by atoms with van der Waals surface area (Å²) in [6.07, 6.45) is 0. The summed E-state index contributed by atoms with van der Waals surface area (Å²) in [7, 11) is 0. The molecule has 0 aliphatic carbocycles. The minimum Gasteiger partial charge on any atom is -0.477 e. The van der Waals surface area contributed by atoms with E-state index in [1.54, 1.807) is 0 Å². The predicted molar refractivity (Wildman–Crippen MR) is 58.2 cm³/mol. The maximum Gasteiger partial charge on any atom is 0.351 e. The van der Waals surface area contributed by atoms with Crippen LogP contribution in [0.15, 0.2) is 38.6 Å². The number of rotatable bonds is 2. The first-order valence-corrected chi connectivity index (χ1v) is 4.48. The van der Waals surface area contributed by atoms with Gasteiger partial charge in [0.1, 0.15) is 11.1 Å². The average Bonchev–Trinajstić information content (AvgIpc) is 2.28. The normalized spacial score (nSPS) is 9.88. The quantitative estimate of drug-likeness (QED) is 0.369. The van der Waals surface area contributed by atoms with Gasteiger partial charge in [-0.15, -0.1) is 0 Å². The molecule has 0 atom stereocenters. The smallest absolute Gasteiger partial charge is 0.351 e. The van der Waals surface area contributed by atoms with Crippen LogP contribution in [-0.4, -0.2) is 11.1 Å². The van der Waals surface area contributed by atoms with Crippen molar-refractivity contribution in [2.75, 3.05) is 0 Å². The monoisotopic (exact) mass is 231 g/mol. The van der Waals surface area contributed by atoms with Gasteiger partial charge in [0.2, 0.25) is 0 Å². The summed E-state index contributed by atoms with van der Waals surface area (Å²) in [4.78, 5) is 24.6. The zero-order chi connectivity index (χ0) is 12.4. The number of carbonyl (C=O) groups is 1. The van der Waals surface area contributed by atoms with Crippen molar-refractivity contribution < 1.29 is 14.3 Å². The number of hydrogen-bond donors (Lipinski definition) is 1. The molecular weight excluding hydrogens is 226 g/mol. The standard InChI is InChI=1S/C10H5N3O4/c11-13-12-6-2-1-5-3-7(9(14)15)10(16)17-8(5)4-6/h1-4H,(H,14,15). The van der Waals surface area contributed by atoms with Gasteiger partial charge in [0.15, 0.2) is 0 Å². The summed E-state index contributed by atoms with van der Waals surface area (Å²) in [5, 5.41) is 12.5. The van der Waals surface area contributed by atoms with Gasteiger partial charge in [0.05, 0.1) is 0 Å². The lowest BCUT2D eigenvalue weighted by atomic mass is 10.2. The molecule has 0 aliphatic rings. The molecule has 0 fully saturated rings. The highest BCUT2D eigenvalue weighted by molar-refractivity contribution is 5.92. The molecule has 84 valence electrons. The molecule has 0 spiro atoms. The van der Waals surface area contributed by atoms with Gasteiger partial charge >= 0.3 is 11.6 Å². The molecule has 2 rings (SSSR count). The fraction of sp³-hybridized carbons (Fsp3) is 0. The van der Waals surface area contributed by atoms with Gasteiger partial charge in [-0.3, -0.25) is 0 Å². The Kier molecular flexibility index (Phi) is 2.52. The van der Waals surface area contributed by atoms with E-state index in [0.29, 0.717) is 5.39 Å². The minimum atomic E-state index is -1.35. The summed E-state index contributed by atoms with van der Waals surface area (Å²) >= 11 is 0. The summed E-state index contributed by atoms with van der Waals surface area (Å²) < 4.78 is 4.82. The molecule has 0 saturated heterocycles. The molecule has 0 amide bonds. The lowest BCUT2D eigenvalue weighted by Gasteiger charge is -1.99. The Hall–Kier alpha value is -2.79. The van der Waals surface area contributed by atoms with Crippen molar-refractivity contribution in [3.05, 3.63) is 50.7 Å². The van der Waals surface area contributed by atoms with Crippen molar-refractivity contribution in [3.63, 3.8) is 0 Å². The maximum atomic E-state index is 11.3. The van der Waals surface area contributed by atoms with Crippen LogP contribution in [0.4, 0.5) is 5.69 Å². The van der Waals surface area contributed by atoms with Crippen LogP contribution >= 0.6 is 0 Å². The van der Waals surface area contributed by atoms with Crippen molar-refractivity contribution in [3.8, 4) is 0 Å². The van der Waals surface area contributed by atoms with Crippen LogP contribution in [0.1, 0.15) is 10.4 Å². The van der Waals surface area contributed by atoms with E-state index in [1.165, 1.54) is 24.3 Å². The predicted octanol–water partition coefficient (Wildman–Crippen LogP) is 2.43. The zero-order valence-corrected chi connectivity index (χ0v) is 8.32. The molecule has 2 aromatic rings. The Labute approximate surface area is 93.5 Å². The highest BCUT2D eigenvalue weighted by atomic mass is 16.4. The number of aromatic carboxylic acids is 1. The van der Waals surface area contributed by atoms with E-state index in [0.717, 1.165) is 0 Å². The maximum absolute atomic E-state index is 11.3. The molecule has 1 aromatic heterocycles. The van der Waals surface area contributed by atoms with Crippen molar-refractivity contribution >= 4 is 22.6 Å². The first-order valence-electron chi connectivity index (χ1n) is 4.48. The van der Waals surface area contributed by atoms with Crippen LogP contribution in [-0.2, 0) is 0 Å². The summed E-state index contributed by atoms with van der Waals surface area (Å²) in [6.45, 7) is 0. The second-order valence-electron chi connectivity index (χ2n) is 3.16. The van der Waals surface area contributed by atoms with Gasteiger partial charge in [0, 0.05) is 16.0 Å². The molecule has 0 aliphatic heterocycles. The topological polar surface area (TPSA) is 116 Å². The Balaban J connectivity index is 2.74. The summed E-state index contributed by atoms with van der Waals surface area (Å²) in [5.41, 5.74) is 7.33. The molecule has 0 radical (unpaired) electrons. The molecule has 7 heteroatoms. The molecule has 1 N–H and O–H groups in total. The third-order valence-electron chi connectivity index (χ3n) is 2.11. The van der Waals surface area contributed by atoms with Gasteiger partial charge in [-0.2, -0.15) is 0 Å². The number of hydrogen-bond acceptors (Lipinski definition) is 4. The van der Waals surface area contributed by atoms with Crippen molar-refractivity contribution in [2.24, 2.45) is 5.11 Å². The number of fused-ring (bicyclic) bond motifs is 1. The Morgan fingerprint density at radius 2 is 2.18 bits per heavy atom. The third kappa shape index (κ3) is 1.95. The minimum absolute atomic E-state index is 0.171. The number of nitrogens with zero attached hydrogens (tertiary/aromatic N) is 3. The van der Waals surface area contributed by atoms with Crippen molar-refractivity contribution in [1.82, 2.24) is 0 Å². The summed E-state index contributed by atoms with van der Waals surface area (Å²) in [5.74, 6) is -1.35. The molecule has 0 bridgehead atoms. The van der Waals surface area contributed by atoms with Gasteiger partial charge < -0.3 is 9.52 Å². The first kappa shape index (κ1) is 10.7. The molecule has 17 heavy (non-hydrogen) atoms. The molecule has 1 aromatic carbocycles. The highest BCUT2D eigenvalue weighted by Crippen LogP contribution is 2.20. The van der Waals surface area contributed by atoms with Crippen LogP contribution < -0.4 is 5.63 Å². The number of azide groups is 1. The number of carboxylic acid groups (broad SMARTS) is 1. The van der Waals surface area contributed by atoms with Crippen LogP contribution in [0.3, 0.4) is 0 Å². The van der Waals surface area contributed by atoms with E-state index < -0.39 is 17.2 Å². The zero-order valence-electron chi connectivity index (χ0n) is 8.32. The molecule has 0 saturated carbocycles. The Bertz CT molecular complexity index is 713. The van der Waals surface area contributed by atoms with E-state index in [1.807, 2.05) is 0 Å². The van der Waals surface area contributed by atoms with Gasteiger partial charge in [-0.1, -0.05) is 17.2 Å². The summed E-state index contributed by atoms with van der Waals surface area (Å²) in [6, 6.07) is 5.58. The van der Waals surface area contributed by atoms with Crippen LogP contribution in [0.5, 0.6) is 0 Å². The lowest BCUT2D eigenvalue weighted by Crippen LogP contribution is -2.12. The van der Waals surface area contributed by atoms with E-state index >= 15 is 0 Å². The molecule has 1 heterocycles. The highest BCUT2D eigenvalue weighted by Gasteiger charge is 2.11. The van der Waals surface area contributed by atoms with Crippen LogP contribution in [0, 0.1) is 0 Å². The van der Waals surface area contributed by atoms with Crippen LogP contribution in [0.25, 0.3) is 21.4 Å². The molecule has 0 unspecified atom stereocenters.